The molecule has 0 bridgehead atoms. The molecule has 3 aromatic carbocycles. The van der Waals surface area contributed by atoms with Crippen molar-refractivity contribution < 1.29 is 33.0 Å². The van der Waals surface area contributed by atoms with E-state index in [1.807, 2.05) is 36.4 Å². The third kappa shape index (κ3) is 4.96. The molecule has 0 saturated carbocycles. The van der Waals surface area contributed by atoms with Crippen LogP contribution < -0.4 is 5.32 Å². The SMILES string of the molecule is O=C(O)[C@H](Cc1ccc2ccccc2c1)NC(=O)[C@@H](O)c1ccc(C(F)(F)F)cc1. The number of carbonyl (C=O) groups excluding carboxylic acids is 1. The van der Waals surface area contributed by atoms with Gasteiger partial charge in [-0.05, 0) is 34.0 Å². The second-order valence-electron chi connectivity index (χ2n) is 6.81. The van der Waals surface area contributed by atoms with Gasteiger partial charge in [-0.3, -0.25) is 4.79 Å². The summed E-state index contributed by atoms with van der Waals surface area (Å²) in [6.07, 6.45) is -6.36. The fourth-order valence-corrected chi connectivity index (χ4v) is 3.06. The van der Waals surface area contributed by atoms with Crippen molar-refractivity contribution in [3.8, 4) is 0 Å². The van der Waals surface area contributed by atoms with Crippen molar-refractivity contribution in [1.82, 2.24) is 5.32 Å². The average molecular weight is 417 g/mol. The number of alkyl halides is 3. The molecule has 3 aromatic rings. The van der Waals surface area contributed by atoms with Crippen LogP contribution in [-0.2, 0) is 22.2 Å². The van der Waals surface area contributed by atoms with E-state index in [1.54, 1.807) is 6.07 Å². The number of carboxylic acid groups (broad SMARTS) is 1. The number of carbonyl (C=O) groups is 2. The summed E-state index contributed by atoms with van der Waals surface area (Å²) in [4.78, 5) is 23.9. The molecular weight excluding hydrogens is 399 g/mol. The van der Waals surface area contributed by atoms with Crippen LogP contribution in [0.25, 0.3) is 10.8 Å². The van der Waals surface area contributed by atoms with Crippen molar-refractivity contribution in [2.75, 3.05) is 0 Å². The van der Waals surface area contributed by atoms with Gasteiger partial charge in [-0.15, -0.1) is 0 Å². The van der Waals surface area contributed by atoms with E-state index in [0.29, 0.717) is 5.56 Å². The topological polar surface area (TPSA) is 86.6 Å². The Labute approximate surface area is 169 Å². The monoisotopic (exact) mass is 417 g/mol. The fourth-order valence-electron chi connectivity index (χ4n) is 3.06. The van der Waals surface area contributed by atoms with E-state index < -0.39 is 35.8 Å². The molecule has 156 valence electrons. The van der Waals surface area contributed by atoms with E-state index >= 15 is 0 Å². The summed E-state index contributed by atoms with van der Waals surface area (Å²) < 4.78 is 37.9. The number of fused-ring (bicyclic) bond motifs is 1. The summed E-state index contributed by atoms with van der Waals surface area (Å²) in [5.74, 6) is -2.31. The number of aliphatic hydroxyl groups is 1. The minimum Gasteiger partial charge on any atom is -0.480 e. The molecule has 0 aliphatic rings. The van der Waals surface area contributed by atoms with Gasteiger partial charge in [0.15, 0.2) is 6.10 Å². The van der Waals surface area contributed by atoms with Crippen molar-refractivity contribution in [1.29, 1.82) is 0 Å². The molecule has 30 heavy (non-hydrogen) atoms. The predicted octanol–water partition coefficient (Wildman–Crippen LogP) is 3.70. The van der Waals surface area contributed by atoms with Crippen LogP contribution in [0.1, 0.15) is 22.8 Å². The quantitative estimate of drug-likeness (QED) is 0.571. The van der Waals surface area contributed by atoms with Crippen molar-refractivity contribution in [2.45, 2.75) is 24.7 Å². The first-order chi connectivity index (χ1) is 14.1. The average Bonchev–Trinajstić information content (AvgIpc) is 2.72. The minimum atomic E-state index is -4.54. The zero-order valence-corrected chi connectivity index (χ0v) is 15.6. The van der Waals surface area contributed by atoms with Crippen LogP contribution >= 0.6 is 0 Å². The van der Waals surface area contributed by atoms with Crippen LogP contribution in [0.4, 0.5) is 13.2 Å². The van der Waals surface area contributed by atoms with E-state index in [2.05, 4.69) is 5.32 Å². The Morgan fingerprint density at radius 3 is 2.17 bits per heavy atom. The Hall–Kier alpha value is -3.39. The molecule has 0 aliphatic carbocycles. The summed E-state index contributed by atoms with van der Waals surface area (Å²) in [7, 11) is 0. The van der Waals surface area contributed by atoms with E-state index in [-0.39, 0.29) is 12.0 Å². The molecule has 0 aliphatic heterocycles. The van der Waals surface area contributed by atoms with Gasteiger partial charge in [0.2, 0.25) is 0 Å². The number of aliphatic hydroxyl groups excluding tert-OH is 1. The zero-order valence-electron chi connectivity index (χ0n) is 15.6. The number of nitrogens with one attached hydrogen (secondary N) is 1. The number of amides is 1. The standard InChI is InChI=1S/C22H18F3NO4/c23-22(24,25)17-9-7-15(8-10-17)19(27)20(28)26-18(21(29)30)12-13-5-6-14-3-1-2-4-16(14)11-13/h1-11,18-19,27H,12H2,(H,26,28)(H,29,30)/t18-,19-/m0/s1. The molecule has 0 radical (unpaired) electrons. The molecule has 3 N–H and O–H groups in total. The number of carboxylic acids is 1. The second kappa shape index (κ2) is 8.54. The van der Waals surface area contributed by atoms with Crippen LogP contribution in [0.3, 0.4) is 0 Å². The zero-order chi connectivity index (χ0) is 21.9. The van der Waals surface area contributed by atoms with Crippen LogP contribution in [0.5, 0.6) is 0 Å². The fraction of sp³-hybridized carbons (Fsp3) is 0.182. The summed E-state index contributed by atoms with van der Waals surface area (Å²) in [5, 5.41) is 23.7. The molecule has 0 unspecified atom stereocenters. The van der Waals surface area contributed by atoms with Crippen LogP contribution in [0.2, 0.25) is 0 Å². The van der Waals surface area contributed by atoms with Crippen molar-refractivity contribution in [3.63, 3.8) is 0 Å². The Morgan fingerprint density at radius 2 is 1.57 bits per heavy atom. The maximum absolute atomic E-state index is 12.6. The molecular formula is C22H18F3NO4. The van der Waals surface area contributed by atoms with Gasteiger partial charge in [0, 0.05) is 6.42 Å². The molecule has 0 fully saturated rings. The first-order valence-corrected chi connectivity index (χ1v) is 9.01. The molecule has 8 heteroatoms. The number of rotatable bonds is 6. The number of hydrogen-bond donors (Lipinski definition) is 3. The normalized spacial score (nSPS) is 13.6. The second-order valence-corrected chi connectivity index (χ2v) is 6.81. The van der Waals surface area contributed by atoms with Crippen molar-refractivity contribution >= 4 is 22.6 Å². The first kappa shape index (κ1) is 21.3. The number of benzene rings is 3. The van der Waals surface area contributed by atoms with Crippen LogP contribution in [-0.4, -0.2) is 28.1 Å². The maximum atomic E-state index is 12.6. The minimum absolute atomic E-state index is 0.0222. The van der Waals surface area contributed by atoms with Crippen LogP contribution in [0, 0.1) is 0 Å². The van der Waals surface area contributed by atoms with Crippen molar-refractivity contribution in [3.05, 3.63) is 83.4 Å². The van der Waals surface area contributed by atoms with Gasteiger partial charge in [-0.2, -0.15) is 13.2 Å². The summed E-state index contributed by atoms with van der Waals surface area (Å²) >= 11 is 0. The lowest BCUT2D eigenvalue weighted by molar-refractivity contribution is -0.143. The van der Waals surface area contributed by atoms with E-state index in [1.165, 1.54) is 0 Å². The number of hydrogen-bond acceptors (Lipinski definition) is 3. The third-order valence-electron chi connectivity index (χ3n) is 4.67. The van der Waals surface area contributed by atoms with Gasteiger partial charge in [-0.25, -0.2) is 4.79 Å². The third-order valence-corrected chi connectivity index (χ3v) is 4.67. The summed E-state index contributed by atoms with van der Waals surface area (Å²) in [6, 6.07) is 15.0. The van der Waals surface area contributed by atoms with Gasteiger partial charge in [0.25, 0.3) is 5.91 Å². The van der Waals surface area contributed by atoms with Gasteiger partial charge in [0.05, 0.1) is 5.56 Å². The molecule has 1 amide bonds. The Kier molecular flexibility index (Phi) is 6.07. The van der Waals surface area contributed by atoms with E-state index in [9.17, 15) is 33.0 Å². The molecule has 2 atom stereocenters. The lowest BCUT2D eigenvalue weighted by Crippen LogP contribution is -2.44. The van der Waals surface area contributed by atoms with E-state index in [4.69, 9.17) is 0 Å². The highest BCUT2D eigenvalue weighted by atomic mass is 19.4. The summed E-state index contributed by atoms with van der Waals surface area (Å²) in [5.41, 5.74) is -0.320. The van der Waals surface area contributed by atoms with Gasteiger partial charge < -0.3 is 15.5 Å². The molecule has 0 aromatic heterocycles. The van der Waals surface area contributed by atoms with Gasteiger partial charge in [-0.1, -0.05) is 54.6 Å². The first-order valence-electron chi connectivity index (χ1n) is 9.01. The highest BCUT2D eigenvalue weighted by molar-refractivity contribution is 5.87. The highest BCUT2D eigenvalue weighted by Gasteiger charge is 2.31. The molecule has 0 heterocycles. The largest absolute Gasteiger partial charge is 0.480 e. The summed E-state index contributed by atoms with van der Waals surface area (Å²) in [6.45, 7) is 0. The lowest BCUT2D eigenvalue weighted by Gasteiger charge is -2.18. The Bertz CT molecular complexity index is 1060. The van der Waals surface area contributed by atoms with Gasteiger partial charge in [0.1, 0.15) is 6.04 Å². The Morgan fingerprint density at radius 1 is 0.933 bits per heavy atom. The molecule has 0 saturated heterocycles. The van der Waals surface area contributed by atoms with Gasteiger partial charge >= 0.3 is 12.1 Å². The molecule has 5 nitrogen and oxygen atoms in total. The number of halogens is 3. The number of aliphatic carboxylic acids is 1. The predicted molar refractivity (Wildman–Crippen MR) is 104 cm³/mol. The smallest absolute Gasteiger partial charge is 0.416 e. The van der Waals surface area contributed by atoms with Crippen LogP contribution in [0.15, 0.2) is 66.7 Å². The Balaban J connectivity index is 1.72. The lowest BCUT2D eigenvalue weighted by atomic mass is 10.0. The highest BCUT2D eigenvalue weighted by Crippen LogP contribution is 2.30. The van der Waals surface area contributed by atoms with Crippen molar-refractivity contribution in [2.24, 2.45) is 0 Å². The van der Waals surface area contributed by atoms with E-state index in [0.717, 1.165) is 35.0 Å². The maximum Gasteiger partial charge on any atom is 0.416 e. The molecule has 3 rings (SSSR count). The molecule has 0 spiro atoms.